The molecule has 100 valence electrons. The van der Waals surface area contributed by atoms with Gasteiger partial charge in [-0.3, -0.25) is 4.79 Å². The number of carbonyl (C=O) groups is 1. The normalized spacial score (nSPS) is 10.4. The van der Waals surface area contributed by atoms with Crippen molar-refractivity contribution in [1.82, 2.24) is 4.90 Å². The van der Waals surface area contributed by atoms with Gasteiger partial charge in [0.2, 0.25) is 5.91 Å². The Kier molecular flexibility index (Phi) is 4.87. The lowest BCUT2D eigenvalue weighted by molar-refractivity contribution is -0.127. The van der Waals surface area contributed by atoms with E-state index in [2.05, 4.69) is 5.38 Å². The molecule has 0 aliphatic carbocycles. The minimum atomic E-state index is 0.111. The van der Waals surface area contributed by atoms with Gasteiger partial charge in [-0.25, -0.2) is 0 Å². The second-order valence-corrected chi connectivity index (χ2v) is 6.01. The number of rotatable bonds is 5. The number of thioether (sulfide) groups is 1. The average molecular weight is 292 g/mol. The van der Waals surface area contributed by atoms with Crippen molar-refractivity contribution in [3.63, 3.8) is 0 Å². The molecule has 2 rings (SSSR count). The number of nitrogens with two attached hydrogens (primary N) is 1. The summed E-state index contributed by atoms with van der Waals surface area (Å²) in [5.41, 5.74) is 7.74. The van der Waals surface area contributed by atoms with Crippen LogP contribution in [0.2, 0.25) is 0 Å². The molecule has 1 aromatic heterocycles. The van der Waals surface area contributed by atoms with Crippen molar-refractivity contribution in [2.24, 2.45) is 0 Å². The molecular formula is C14H16N2OS2. The Bertz CT molecular complexity index is 540. The topological polar surface area (TPSA) is 46.3 Å². The summed E-state index contributed by atoms with van der Waals surface area (Å²) in [7, 11) is 1.83. The van der Waals surface area contributed by atoms with Gasteiger partial charge in [0.15, 0.2) is 0 Å². The van der Waals surface area contributed by atoms with E-state index in [1.165, 1.54) is 17.3 Å². The number of thiophene rings is 1. The van der Waals surface area contributed by atoms with Gasteiger partial charge < -0.3 is 10.6 Å². The van der Waals surface area contributed by atoms with Crippen LogP contribution in [0, 0.1) is 0 Å². The van der Waals surface area contributed by atoms with E-state index in [9.17, 15) is 4.79 Å². The number of para-hydroxylation sites is 1. The summed E-state index contributed by atoms with van der Waals surface area (Å²) in [5.74, 6) is 0.522. The summed E-state index contributed by atoms with van der Waals surface area (Å²) in [6, 6.07) is 9.65. The monoisotopic (exact) mass is 292 g/mol. The Morgan fingerprint density at radius 2 is 2.16 bits per heavy atom. The van der Waals surface area contributed by atoms with Crippen LogP contribution in [0.15, 0.2) is 46.0 Å². The fourth-order valence-electron chi connectivity index (χ4n) is 1.61. The molecule has 2 N–H and O–H groups in total. The van der Waals surface area contributed by atoms with Crippen LogP contribution < -0.4 is 5.73 Å². The maximum Gasteiger partial charge on any atom is 0.232 e. The zero-order chi connectivity index (χ0) is 13.7. The highest BCUT2D eigenvalue weighted by atomic mass is 32.2. The minimum Gasteiger partial charge on any atom is -0.398 e. The summed E-state index contributed by atoms with van der Waals surface area (Å²) in [6.07, 6.45) is 0. The van der Waals surface area contributed by atoms with Crippen LogP contribution in [0.1, 0.15) is 5.56 Å². The van der Waals surface area contributed by atoms with Crippen LogP contribution in [0.5, 0.6) is 0 Å². The number of nitrogen functional groups attached to an aromatic ring is 1. The lowest BCUT2D eigenvalue weighted by atomic mass is 10.3. The summed E-state index contributed by atoms with van der Waals surface area (Å²) >= 11 is 3.13. The molecule has 0 saturated carbocycles. The van der Waals surface area contributed by atoms with Gasteiger partial charge in [0.05, 0.1) is 5.75 Å². The number of benzene rings is 1. The maximum atomic E-state index is 12.0. The number of hydrogen-bond acceptors (Lipinski definition) is 4. The molecule has 0 fully saturated rings. The number of amides is 1. The van der Waals surface area contributed by atoms with Crippen molar-refractivity contribution in [2.75, 3.05) is 18.5 Å². The maximum absolute atomic E-state index is 12.0. The van der Waals surface area contributed by atoms with Gasteiger partial charge >= 0.3 is 0 Å². The summed E-state index contributed by atoms with van der Waals surface area (Å²) in [6.45, 7) is 0.660. The van der Waals surface area contributed by atoms with Crippen LogP contribution in [0.3, 0.4) is 0 Å². The smallest absolute Gasteiger partial charge is 0.232 e. The average Bonchev–Trinajstić information content (AvgIpc) is 2.90. The number of nitrogens with zero attached hydrogens (tertiary/aromatic N) is 1. The first-order valence-corrected chi connectivity index (χ1v) is 7.82. The van der Waals surface area contributed by atoms with E-state index < -0.39 is 0 Å². The minimum absolute atomic E-state index is 0.111. The fourth-order valence-corrected chi connectivity index (χ4v) is 3.18. The van der Waals surface area contributed by atoms with E-state index in [-0.39, 0.29) is 5.91 Å². The third-order valence-electron chi connectivity index (χ3n) is 2.70. The molecule has 0 bridgehead atoms. The Morgan fingerprint density at radius 1 is 1.37 bits per heavy atom. The first-order valence-electron chi connectivity index (χ1n) is 5.89. The lowest BCUT2D eigenvalue weighted by Crippen LogP contribution is -2.27. The Hall–Kier alpha value is -1.46. The van der Waals surface area contributed by atoms with Crippen molar-refractivity contribution in [3.05, 3.63) is 46.7 Å². The highest BCUT2D eigenvalue weighted by Gasteiger charge is 2.10. The first-order chi connectivity index (χ1) is 9.16. The SMILES string of the molecule is CN(Cc1ccsc1)C(=O)CSc1ccccc1N. The predicted molar refractivity (Wildman–Crippen MR) is 82.4 cm³/mol. The lowest BCUT2D eigenvalue weighted by Gasteiger charge is -2.16. The molecule has 1 heterocycles. The Labute approximate surface area is 121 Å². The molecule has 0 aliphatic rings. The van der Waals surface area contributed by atoms with Gasteiger partial charge in [0, 0.05) is 24.2 Å². The molecule has 3 nitrogen and oxygen atoms in total. The first kappa shape index (κ1) is 14.0. The molecule has 0 saturated heterocycles. The molecule has 2 aromatic rings. The molecule has 0 aliphatic heterocycles. The van der Waals surface area contributed by atoms with Gasteiger partial charge in [0.1, 0.15) is 0 Å². The van der Waals surface area contributed by atoms with Crippen molar-refractivity contribution < 1.29 is 4.79 Å². The highest BCUT2D eigenvalue weighted by Crippen LogP contribution is 2.24. The second-order valence-electron chi connectivity index (χ2n) is 4.21. The summed E-state index contributed by atoms with van der Waals surface area (Å²) in [5, 5.41) is 4.08. The van der Waals surface area contributed by atoms with E-state index in [0.29, 0.717) is 12.3 Å². The van der Waals surface area contributed by atoms with Crippen LogP contribution >= 0.6 is 23.1 Å². The summed E-state index contributed by atoms with van der Waals surface area (Å²) < 4.78 is 0. The van der Waals surface area contributed by atoms with E-state index >= 15 is 0 Å². The van der Waals surface area contributed by atoms with Crippen molar-refractivity contribution in [1.29, 1.82) is 0 Å². The number of hydrogen-bond donors (Lipinski definition) is 1. The molecular weight excluding hydrogens is 276 g/mol. The van der Waals surface area contributed by atoms with Gasteiger partial charge in [-0.15, -0.1) is 11.8 Å². The predicted octanol–water partition coefficient (Wildman–Crippen LogP) is 3.08. The van der Waals surface area contributed by atoms with Crippen LogP contribution in [-0.2, 0) is 11.3 Å². The zero-order valence-corrected chi connectivity index (χ0v) is 12.3. The van der Waals surface area contributed by atoms with Crippen LogP contribution in [-0.4, -0.2) is 23.6 Å². The second kappa shape index (κ2) is 6.63. The van der Waals surface area contributed by atoms with Crippen molar-refractivity contribution in [3.8, 4) is 0 Å². The molecule has 0 radical (unpaired) electrons. The Balaban J connectivity index is 1.86. The third kappa shape index (κ3) is 4.01. The quantitative estimate of drug-likeness (QED) is 0.680. The third-order valence-corrected chi connectivity index (χ3v) is 4.50. The molecule has 1 amide bonds. The highest BCUT2D eigenvalue weighted by molar-refractivity contribution is 8.00. The largest absolute Gasteiger partial charge is 0.398 e. The molecule has 5 heteroatoms. The van der Waals surface area contributed by atoms with Gasteiger partial charge in [-0.2, -0.15) is 11.3 Å². The van der Waals surface area contributed by atoms with Crippen LogP contribution in [0.25, 0.3) is 0 Å². The van der Waals surface area contributed by atoms with Gasteiger partial charge in [0.25, 0.3) is 0 Å². The molecule has 1 aromatic carbocycles. The standard InChI is InChI=1S/C14H16N2OS2/c1-16(8-11-6-7-18-9-11)14(17)10-19-13-5-3-2-4-12(13)15/h2-7,9H,8,10,15H2,1H3. The Morgan fingerprint density at radius 3 is 2.84 bits per heavy atom. The van der Waals surface area contributed by atoms with Crippen molar-refractivity contribution >= 4 is 34.7 Å². The van der Waals surface area contributed by atoms with E-state index in [1.54, 1.807) is 16.2 Å². The zero-order valence-electron chi connectivity index (χ0n) is 10.7. The summed E-state index contributed by atoms with van der Waals surface area (Å²) in [4.78, 5) is 14.7. The van der Waals surface area contributed by atoms with E-state index in [1.807, 2.05) is 42.8 Å². The van der Waals surface area contributed by atoms with Gasteiger partial charge in [-0.1, -0.05) is 12.1 Å². The van der Waals surface area contributed by atoms with Crippen LogP contribution in [0.4, 0.5) is 5.69 Å². The number of carbonyl (C=O) groups excluding carboxylic acids is 1. The molecule has 0 spiro atoms. The van der Waals surface area contributed by atoms with E-state index in [4.69, 9.17) is 5.73 Å². The van der Waals surface area contributed by atoms with Crippen molar-refractivity contribution in [2.45, 2.75) is 11.4 Å². The number of anilines is 1. The van der Waals surface area contributed by atoms with E-state index in [0.717, 1.165) is 10.6 Å². The fraction of sp³-hybridized carbons (Fsp3) is 0.214. The molecule has 0 unspecified atom stereocenters. The molecule has 19 heavy (non-hydrogen) atoms. The molecule has 0 atom stereocenters. The van der Waals surface area contributed by atoms with Gasteiger partial charge in [-0.05, 0) is 34.5 Å².